The number of nitrogens with zero attached hydrogens (tertiary/aromatic N) is 3. The molecule has 3 heterocycles. The van der Waals surface area contributed by atoms with E-state index in [9.17, 15) is 9.59 Å². The first kappa shape index (κ1) is 16.1. The van der Waals surface area contributed by atoms with Crippen molar-refractivity contribution in [3.8, 4) is 0 Å². The van der Waals surface area contributed by atoms with Crippen LogP contribution in [0.15, 0.2) is 22.8 Å². The van der Waals surface area contributed by atoms with Gasteiger partial charge in [0.25, 0.3) is 5.91 Å². The second-order valence-corrected chi connectivity index (χ2v) is 6.62. The lowest BCUT2D eigenvalue weighted by atomic mass is 9.94. The van der Waals surface area contributed by atoms with E-state index in [2.05, 4.69) is 11.9 Å². The number of hydrogen-bond acceptors (Lipinski definition) is 4. The fraction of sp³-hybridized carbons (Fsp3) is 0.647. The van der Waals surface area contributed by atoms with Gasteiger partial charge in [0.2, 0.25) is 5.91 Å². The number of carbonyl (C=O) groups excluding carboxylic acids is 2. The highest BCUT2D eigenvalue weighted by atomic mass is 16.3. The summed E-state index contributed by atoms with van der Waals surface area (Å²) in [4.78, 5) is 30.6. The first-order valence-electron chi connectivity index (χ1n) is 8.42. The highest BCUT2D eigenvalue weighted by Gasteiger charge is 2.28. The number of rotatable bonds is 3. The molecule has 1 aromatic rings. The molecule has 0 aromatic carbocycles. The first-order valence-corrected chi connectivity index (χ1v) is 8.42. The van der Waals surface area contributed by atoms with Crippen molar-refractivity contribution in [2.24, 2.45) is 5.92 Å². The lowest BCUT2D eigenvalue weighted by molar-refractivity contribution is -0.134. The van der Waals surface area contributed by atoms with E-state index < -0.39 is 0 Å². The van der Waals surface area contributed by atoms with Crippen LogP contribution < -0.4 is 0 Å². The Labute approximate surface area is 137 Å². The SMILES string of the molecule is CN1CCCC(CC(=O)N2CCN(C(=O)c3ccco3)CC2)C1. The maximum atomic E-state index is 12.5. The number of carbonyl (C=O) groups is 2. The summed E-state index contributed by atoms with van der Waals surface area (Å²) in [5.41, 5.74) is 0. The van der Waals surface area contributed by atoms with Crippen molar-refractivity contribution in [1.82, 2.24) is 14.7 Å². The summed E-state index contributed by atoms with van der Waals surface area (Å²) in [6.45, 7) is 4.55. The van der Waals surface area contributed by atoms with E-state index in [1.165, 1.54) is 12.7 Å². The van der Waals surface area contributed by atoms with Crippen LogP contribution >= 0.6 is 0 Å². The van der Waals surface area contributed by atoms with E-state index in [-0.39, 0.29) is 11.8 Å². The molecule has 3 rings (SSSR count). The van der Waals surface area contributed by atoms with E-state index in [1.807, 2.05) is 4.90 Å². The highest BCUT2D eigenvalue weighted by Crippen LogP contribution is 2.20. The number of piperidine rings is 1. The normalized spacial score (nSPS) is 23.1. The molecule has 0 radical (unpaired) electrons. The highest BCUT2D eigenvalue weighted by molar-refractivity contribution is 5.91. The third kappa shape index (κ3) is 3.93. The molecule has 1 unspecified atom stereocenters. The molecule has 0 N–H and O–H groups in total. The fourth-order valence-corrected chi connectivity index (χ4v) is 3.53. The average molecular weight is 319 g/mol. The van der Waals surface area contributed by atoms with Gasteiger partial charge in [0.15, 0.2) is 5.76 Å². The standard InChI is InChI=1S/C17H25N3O3/c1-18-6-2-4-14(13-18)12-16(21)19-7-9-20(10-8-19)17(22)15-5-3-11-23-15/h3,5,11,14H,2,4,6-10,12-13H2,1H3. The Balaban J connectivity index is 1.46. The second-order valence-electron chi connectivity index (χ2n) is 6.62. The van der Waals surface area contributed by atoms with Crippen LogP contribution in [0.4, 0.5) is 0 Å². The van der Waals surface area contributed by atoms with Crippen LogP contribution in [-0.4, -0.2) is 72.8 Å². The molecule has 2 amide bonds. The molecule has 23 heavy (non-hydrogen) atoms. The number of piperazine rings is 1. The summed E-state index contributed by atoms with van der Waals surface area (Å²) in [5, 5.41) is 0. The van der Waals surface area contributed by atoms with Crippen molar-refractivity contribution < 1.29 is 14.0 Å². The molecular weight excluding hydrogens is 294 g/mol. The maximum Gasteiger partial charge on any atom is 0.289 e. The molecule has 2 aliphatic rings. The topological polar surface area (TPSA) is 57.0 Å². The molecule has 2 aliphatic heterocycles. The van der Waals surface area contributed by atoms with Gasteiger partial charge < -0.3 is 19.1 Å². The summed E-state index contributed by atoms with van der Waals surface area (Å²) in [7, 11) is 2.12. The van der Waals surface area contributed by atoms with Crippen molar-refractivity contribution in [1.29, 1.82) is 0 Å². The molecule has 0 saturated carbocycles. The zero-order chi connectivity index (χ0) is 16.2. The van der Waals surface area contributed by atoms with Crippen molar-refractivity contribution in [2.45, 2.75) is 19.3 Å². The quantitative estimate of drug-likeness (QED) is 0.842. The van der Waals surface area contributed by atoms with Crippen LogP contribution in [-0.2, 0) is 4.79 Å². The lowest BCUT2D eigenvalue weighted by Crippen LogP contribution is -2.51. The van der Waals surface area contributed by atoms with Gasteiger partial charge in [-0.25, -0.2) is 0 Å². The predicted molar refractivity (Wildman–Crippen MR) is 86.0 cm³/mol. The van der Waals surface area contributed by atoms with Crippen molar-refractivity contribution in [3.05, 3.63) is 24.2 Å². The molecule has 126 valence electrons. The number of amides is 2. The molecule has 0 aliphatic carbocycles. The number of likely N-dealkylation sites (tertiary alicyclic amines) is 1. The van der Waals surface area contributed by atoms with Crippen molar-refractivity contribution in [2.75, 3.05) is 46.3 Å². The van der Waals surface area contributed by atoms with Gasteiger partial charge in [0.05, 0.1) is 6.26 Å². The Bertz CT molecular complexity index is 535. The minimum Gasteiger partial charge on any atom is -0.459 e. The van der Waals surface area contributed by atoms with Gasteiger partial charge in [-0.05, 0) is 44.5 Å². The Hall–Kier alpha value is -1.82. The summed E-state index contributed by atoms with van der Waals surface area (Å²) in [6, 6.07) is 3.40. The summed E-state index contributed by atoms with van der Waals surface area (Å²) >= 11 is 0. The van der Waals surface area contributed by atoms with Crippen molar-refractivity contribution >= 4 is 11.8 Å². The van der Waals surface area contributed by atoms with Gasteiger partial charge in [0, 0.05) is 39.1 Å². The molecule has 2 saturated heterocycles. The minimum atomic E-state index is -0.0870. The monoisotopic (exact) mass is 319 g/mol. The zero-order valence-corrected chi connectivity index (χ0v) is 13.7. The van der Waals surface area contributed by atoms with Gasteiger partial charge in [0.1, 0.15) is 0 Å². The smallest absolute Gasteiger partial charge is 0.289 e. The van der Waals surface area contributed by atoms with Gasteiger partial charge in [-0.15, -0.1) is 0 Å². The van der Waals surface area contributed by atoms with Gasteiger partial charge in [-0.3, -0.25) is 9.59 Å². The van der Waals surface area contributed by atoms with Crippen LogP contribution in [0.3, 0.4) is 0 Å². The van der Waals surface area contributed by atoms with E-state index in [4.69, 9.17) is 4.42 Å². The van der Waals surface area contributed by atoms with Crippen LogP contribution in [0.5, 0.6) is 0 Å². The Morgan fingerprint density at radius 1 is 1.17 bits per heavy atom. The zero-order valence-electron chi connectivity index (χ0n) is 13.7. The summed E-state index contributed by atoms with van der Waals surface area (Å²) in [5.74, 6) is 0.991. The average Bonchev–Trinajstić information content (AvgIpc) is 3.09. The van der Waals surface area contributed by atoms with Crippen LogP contribution in [0.2, 0.25) is 0 Å². The lowest BCUT2D eigenvalue weighted by Gasteiger charge is -2.36. The van der Waals surface area contributed by atoms with Crippen molar-refractivity contribution in [3.63, 3.8) is 0 Å². The predicted octanol–water partition coefficient (Wildman–Crippen LogP) is 1.30. The molecular formula is C17H25N3O3. The van der Waals surface area contributed by atoms with Gasteiger partial charge in [-0.1, -0.05) is 0 Å². The molecule has 1 aromatic heterocycles. The maximum absolute atomic E-state index is 12.5. The number of hydrogen-bond donors (Lipinski definition) is 0. The van der Waals surface area contributed by atoms with Crippen LogP contribution in [0, 0.1) is 5.92 Å². The molecule has 2 fully saturated rings. The summed E-state index contributed by atoms with van der Waals surface area (Å²) in [6.07, 6.45) is 4.47. The molecule has 6 nitrogen and oxygen atoms in total. The minimum absolute atomic E-state index is 0.0870. The fourth-order valence-electron chi connectivity index (χ4n) is 3.53. The van der Waals surface area contributed by atoms with E-state index in [0.717, 1.165) is 19.5 Å². The molecule has 0 bridgehead atoms. The molecule has 1 atom stereocenters. The summed E-state index contributed by atoms with van der Waals surface area (Å²) < 4.78 is 5.16. The third-order valence-corrected chi connectivity index (χ3v) is 4.84. The van der Waals surface area contributed by atoms with E-state index in [0.29, 0.717) is 44.3 Å². The largest absolute Gasteiger partial charge is 0.459 e. The van der Waals surface area contributed by atoms with Crippen LogP contribution in [0.1, 0.15) is 29.8 Å². The third-order valence-electron chi connectivity index (χ3n) is 4.84. The Morgan fingerprint density at radius 3 is 2.57 bits per heavy atom. The van der Waals surface area contributed by atoms with E-state index in [1.54, 1.807) is 17.0 Å². The number of furan rings is 1. The van der Waals surface area contributed by atoms with E-state index >= 15 is 0 Å². The Morgan fingerprint density at radius 2 is 1.91 bits per heavy atom. The Kier molecular flexibility index (Phi) is 5.00. The van der Waals surface area contributed by atoms with Crippen LogP contribution in [0.25, 0.3) is 0 Å². The molecule has 0 spiro atoms. The first-order chi connectivity index (χ1) is 11.1. The molecule has 6 heteroatoms. The second kappa shape index (κ2) is 7.17. The van der Waals surface area contributed by atoms with Gasteiger partial charge >= 0.3 is 0 Å². The van der Waals surface area contributed by atoms with Gasteiger partial charge in [-0.2, -0.15) is 0 Å².